The molecule has 43 heavy (non-hydrogen) atoms. The van der Waals surface area contributed by atoms with Crippen molar-refractivity contribution in [3.63, 3.8) is 0 Å². The standard InChI is InChI=1S/C34H39N5O4/c1-34(2,27-17-11-6-12-18-27)23-36-31(40)30(19-25-13-7-4-8-14-25)39(3)32(41)29(20-28-21-35-24-37-28)38-33(42)43-22-26-15-9-5-10-16-26/h4-18,21,24,29-30H,19-20,22-23H2,1-3H3,(H,35,37)(H,36,40)(H,38,42). The third-order valence-electron chi connectivity index (χ3n) is 7.43. The summed E-state index contributed by atoms with van der Waals surface area (Å²) in [6.07, 6.45) is 2.81. The van der Waals surface area contributed by atoms with E-state index in [1.807, 2.05) is 91.0 Å². The van der Waals surface area contributed by atoms with Gasteiger partial charge in [0.05, 0.1) is 6.33 Å². The van der Waals surface area contributed by atoms with Gasteiger partial charge in [-0.1, -0.05) is 105 Å². The van der Waals surface area contributed by atoms with E-state index in [4.69, 9.17) is 4.74 Å². The number of likely N-dealkylation sites (N-methyl/N-ethyl adjacent to an activating group) is 1. The van der Waals surface area contributed by atoms with Crippen LogP contribution in [0.5, 0.6) is 0 Å². The van der Waals surface area contributed by atoms with Gasteiger partial charge in [-0.2, -0.15) is 0 Å². The van der Waals surface area contributed by atoms with E-state index < -0.39 is 24.1 Å². The molecule has 0 spiro atoms. The number of alkyl carbamates (subject to hydrolysis) is 1. The number of ether oxygens (including phenoxy) is 1. The van der Waals surface area contributed by atoms with E-state index in [1.165, 1.54) is 11.2 Å². The van der Waals surface area contributed by atoms with Crippen molar-refractivity contribution in [2.45, 2.75) is 50.8 Å². The van der Waals surface area contributed by atoms with Crippen LogP contribution >= 0.6 is 0 Å². The molecule has 3 aromatic carbocycles. The molecule has 3 N–H and O–H groups in total. The van der Waals surface area contributed by atoms with Crippen LogP contribution in [0.3, 0.4) is 0 Å². The highest BCUT2D eigenvalue weighted by Gasteiger charge is 2.34. The van der Waals surface area contributed by atoms with E-state index in [2.05, 4.69) is 34.4 Å². The van der Waals surface area contributed by atoms with Crippen molar-refractivity contribution in [1.82, 2.24) is 25.5 Å². The Morgan fingerprint density at radius 2 is 1.49 bits per heavy atom. The van der Waals surface area contributed by atoms with Crippen LogP contribution in [-0.4, -0.2) is 58.5 Å². The molecular weight excluding hydrogens is 542 g/mol. The van der Waals surface area contributed by atoms with Gasteiger partial charge >= 0.3 is 6.09 Å². The zero-order valence-corrected chi connectivity index (χ0v) is 24.8. The third-order valence-corrected chi connectivity index (χ3v) is 7.43. The van der Waals surface area contributed by atoms with Crippen molar-refractivity contribution in [2.75, 3.05) is 13.6 Å². The van der Waals surface area contributed by atoms with E-state index in [9.17, 15) is 14.4 Å². The molecule has 4 rings (SSSR count). The first-order valence-corrected chi connectivity index (χ1v) is 14.3. The first-order valence-electron chi connectivity index (χ1n) is 14.3. The number of aromatic nitrogens is 2. The highest BCUT2D eigenvalue weighted by Crippen LogP contribution is 2.22. The summed E-state index contributed by atoms with van der Waals surface area (Å²) in [7, 11) is 1.59. The van der Waals surface area contributed by atoms with Crippen LogP contribution in [0.1, 0.15) is 36.2 Å². The quantitative estimate of drug-likeness (QED) is 0.216. The van der Waals surface area contributed by atoms with Crippen molar-refractivity contribution >= 4 is 17.9 Å². The van der Waals surface area contributed by atoms with Crippen LogP contribution in [0.25, 0.3) is 0 Å². The van der Waals surface area contributed by atoms with Gasteiger partial charge in [0.1, 0.15) is 18.7 Å². The summed E-state index contributed by atoms with van der Waals surface area (Å²) in [5.74, 6) is -0.708. The van der Waals surface area contributed by atoms with Gasteiger partial charge in [-0.3, -0.25) is 9.59 Å². The molecule has 2 atom stereocenters. The number of carbonyl (C=O) groups is 3. The highest BCUT2D eigenvalue weighted by atomic mass is 16.5. The summed E-state index contributed by atoms with van der Waals surface area (Å²) in [4.78, 5) is 49.0. The molecule has 224 valence electrons. The van der Waals surface area contributed by atoms with Crippen molar-refractivity contribution in [1.29, 1.82) is 0 Å². The largest absolute Gasteiger partial charge is 0.445 e. The Hall–Kier alpha value is -4.92. The number of carbonyl (C=O) groups excluding carboxylic acids is 3. The number of nitrogens with one attached hydrogen (secondary N) is 3. The normalized spacial score (nSPS) is 12.5. The topological polar surface area (TPSA) is 116 Å². The van der Waals surface area contributed by atoms with Crippen LogP contribution in [-0.2, 0) is 39.2 Å². The van der Waals surface area contributed by atoms with Crippen molar-refractivity contribution in [2.24, 2.45) is 0 Å². The minimum absolute atomic E-state index is 0.0592. The molecule has 0 bridgehead atoms. The molecule has 9 nitrogen and oxygen atoms in total. The number of rotatable bonds is 13. The Morgan fingerprint density at radius 1 is 0.884 bits per heavy atom. The molecule has 0 saturated carbocycles. The summed E-state index contributed by atoms with van der Waals surface area (Å²) < 4.78 is 5.40. The zero-order chi connectivity index (χ0) is 30.7. The molecule has 0 aliphatic heterocycles. The maximum Gasteiger partial charge on any atom is 0.408 e. The lowest BCUT2D eigenvalue weighted by molar-refractivity contribution is -0.140. The molecule has 0 aliphatic rings. The second-order valence-corrected chi connectivity index (χ2v) is 11.2. The van der Waals surface area contributed by atoms with Gasteiger partial charge in [0.15, 0.2) is 0 Å². The number of hydrogen-bond donors (Lipinski definition) is 3. The fourth-order valence-electron chi connectivity index (χ4n) is 4.78. The van der Waals surface area contributed by atoms with Crippen LogP contribution in [0.4, 0.5) is 4.79 Å². The Kier molecular flexibility index (Phi) is 10.7. The Bertz CT molecular complexity index is 1440. The maximum absolute atomic E-state index is 14.0. The molecule has 4 aromatic rings. The number of benzene rings is 3. The maximum atomic E-state index is 14.0. The molecule has 9 heteroatoms. The smallest absolute Gasteiger partial charge is 0.408 e. The first kappa shape index (κ1) is 31.0. The lowest BCUT2D eigenvalue weighted by atomic mass is 9.84. The molecule has 0 radical (unpaired) electrons. The highest BCUT2D eigenvalue weighted by molar-refractivity contribution is 5.91. The van der Waals surface area contributed by atoms with Crippen molar-refractivity contribution in [3.8, 4) is 0 Å². The summed E-state index contributed by atoms with van der Waals surface area (Å²) in [6, 6.07) is 27.0. The van der Waals surface area contributed by atoms with Crippen LogP contribution in [0.15, 0.2) is 104 Å². The van der Waals surface area contributed by atoms with Crippen LogP contribution < -0.4 is 10.6 Å². The van der Waals surface area contributed by atoms with Gasteiger partial charge in [0, 0.05) is 43.7 Å². The van der Waals surface area contributed by atoms with Crippen LogP contribution in [0.2, 0.25) is 0 Å². The lowest BCUT2D eigenvalue weighted by Gasteiger charge is -2.32. The molecule has 0 saturated heterocycles. The fourth-order valence-corrected chi connectivity index (χ4v) is 4.78. The average Bonchev–Trinajstić information content (AvgIpc) is 3.55. The second kappa shape index (κ2) is 14.8. The molecule has 2 unspecified atom stereocenters. The number of nitrogens with zero attached hydrogens (tertiary/aromatic N) is 2. The van der Waals surface area contributed by atoms with Crippen LogP contribution in [0, 0.1) is 0 Å². The summed E-state index contributed by atoms with van der Waals surface area (Å²) >= 11 is 0. The Labute approximate surface area is 252 Å². The summed E-state index contributed by atoms with van der Waals surface area (Å²) in [5.41, 5.74) is 3.15. The van der Waals surface area contributed by atoms with Crippen molar-refractivity contribution in [3.05, 3.63) is 126 Å². The Balaban J connectivity index is 1.51. The molecule has 1 heterocycles. The van der Waals surface area contributed by atoms with Crippen molar-refractivity contribution < 1.29 is 19.1 Å². The van der Waals surface area contributed by atoms with Gasteiger partial charge in [0.2, 0.25) is 11.8 Å². The van der Waals surface area contributed by atoms with Gasteiger partial charge in [-0.05, 0) is 16.7 Å². The predicted octanol–water partition coefficient (Wildman–Crippen LogP) is 4.41. The van der Waals surface area contributed by atoms with E-state index in [1.54, 1.807) is 13.2 Å². The Morgan fingerprint density at radius 3 is 2.09 bits per heavy atom. The molecule has 0 aliphatic carbocycles. The average molecular weight is 582 g/mol. The lowest BCUT2D eigenvalue weighted by Crippen LogP contribution is -2.56. The molecule has 0 fully saturated rings. The molecular formula is C34H39N5O4. The summed E-state index contributed by atoms with van der Waals surface area (Å²) in [5, 5.41) is 5.79. The van der Waals surface area contributed by atoms with E-state index in [0.29, 0.717) is 18.7 Å². The zero-order valence-electron chi connectivity index (χ0n) is 24.8. The number of hydrogen-bond acceptors (Lipinski definition) is 5. The van der Waals surface area contributed by atoms with E-state index in [-0.39, 0.29) is 24.3 Å². The fraction of sp³-hybridized carbons (Fsp3) is 0.294. The first-order chi connectivity index (χ1) is 20.7. The van der Waals surface area contributed by atoms with Gasteiger partial charge in [0.25, 0.3) is 0 Å². The summed E-state index contributed by atoms with van der Waals surface area (Å²) in [6.45, 7) is 4.57. The third kappa shape index (κ3) is 9.03. The second-order valence-electron chi connectivity index (χ2n) is 11.2. The van der Waals surface area contributed by atoms with Gasteiger partial charge in [-0.25, -0.2) is 9.78 Å². The van der Waals surface area contributed by atoms with Gasteiger partial charge in [-0.15, -0.1) is 0 Å². The number of H-pyrrole nitrogens is 1. The minimum atomic E-state index is -0.999. The number of amides is 3. The minimum Gasteiger partial charge on any atom is -0.445 e. The van der Waals surface area contributed by atoms with Gasteiger partial charge < -0.3 is 25.3 Å². The van der Waals surface area contributed by atoms with E-state index >= 15 is 0 Å². The molecule has 1 aromatic heterocycles. The number of aromatic amines is 1. The number of imidazole rings is 1. The molecule has 3 amide bonds. The monoisotopic (exact) mass is 581 g/mol. The SMILES string of the molecule is CN(C(=O)C(Cc1cnc[nH]1)NC(=O)OCc1ccccc1)C(Cc1ccccc1)C(=O)NCC(C)(C)c1ccccc1. The predicted molar refractivity (Wildman–Crippen MR) is 165 cm³/mol. The van der Waals surface area contributed by atoms with E-state index in [0.717, 1.165) is 16.7 Å².